The predicted molar refractivity (Wildman–Crippen MR) is 225 cm³/mol. The topological polar surface area (TPSA) is 164 Å². The Balaban J connectivity index is 0.000000158. The fourth-order valence-corrected chi connectivity index (χ4v) is 6.71. The molecule has 302 valence electrons. The monoisotopic (exact) mass is 847 g/mol. The number of pyridine rings is 6. The van der Waals surface area contributed by atoms with E-state index in [1.165, 1.54) is 18.5 Å². The molecule has 0 spiro atoms. The van der Waals surface area contributed by atoms with Crippen LogP contribution in [0.5, 0.6) is 0 Å². The lowest BCUT2D eigenvalue weighted by molar-refractivity contribution is 0.102. The SMILES string of the molecule is Fc1cnccc1-c1cc2[nH]c(Nc3ccc(Cl)cc3)nc2nc1-c1cccnc1.O=C(c1cc(F)cc(F)c1)c1nc2nc(-c3cccnc3)c(-c3ccncc3F)cc2[nH]1. The van der Waals surface area contributed by atoms with Gasteiger partial charge in [-0.15, -0.1) is 0 Å². The van der Waals surface area contributed by atoms with E-state index in [2.05, 4.69) is 50.2 Å². The molecule has 0 radical (unpaired) electrons. The van der Waals surface area contributed by atoms with Crippen LogP contribution in [0.2, 0.25) is 5.02 Å². The number of nitrogens with one attached hydrogen (secondary N) is 3. The average Bonchev–Trinajstić information content (AvgIpc) is 3.90. The lowest BCUT2D eigenvalue weighted by atomic mass is 10.0. The molecule has 0 atom stereocenters. The van der Waals surface area contributed by atoms with Crippen LogP contribution >= 0.6 is 11.6 Å². The van der Waals surface area contributed by atoms with Crippen LogP contribution in [0.4, 0.5) is 29.2 Å². The first kappa shape index (κ1) is 39.2. The Kier molecular flexibility index (Phi) is 10.6. The largest absolute Gasteiger partial charge is 0.334 e. The minimum absolute atomic E-state index is 0.151. The Labute approximate surface area is 352 Å². The third-order valence-electron chi connectivity index (χ3n) is 9.39. The number of hydrogen-bond acceptors (Lipinski definition) is 10. The predicted octanol–water partition coefficient (Wildman–Crippen LogP) is 10.3. The number of halogens is 5. The van der Waals surface area contributed by atoms with E-state index in [0.29, 0.717) is 67.4 Å². The van der Waals surface area contributed by atoms with Gasteiger partial charge in [0.1, 0.15) is 23.3 Å². The van der Waals surface area contributed by atoms with Crippen molar-refractivity contribution < 1.29 is 22.4 Å². The number of fused-ring (bicyclic) bond motifs is 2. The molecule has 17 heteroatoms. The molecule has 0 saturated carbocycles. The van der Waals surface area contributed by atoms with Gasteiger partial charge in [0.25, 0.3) is 0 Å². The van der Waals surface area contributed by atoms with Crippen molar-refractivity contribution in [2.24, 2.45) is 0 Å². The van der Waals surface area contributed by atoms with Crippen molar-refractivity contribution in [3.8, 4) is 44.8 Å². The van der Waals surface area contributed by atoms with E-state index in [9.17, 15) is 22.4 Å². The fourth-order valence-electron chi connectivity index (χ4n) is 6.59. The molecular weight excluding hydrogens is 822 g/mol. The van der Waals surface area contributed by atoms with Gasteiger partial charge in [0, 0.05) is 92.9 Å². The van der Waals surface area contributed by atoms with E-state index >= 15 is 0 Å². The normalized spacial score (nSPS) is 11.0. The van der Waals surface area contributed by atoms with Gasteiger partial charge in [0.15, 0.2) is 17.1 Å². The second kappa shape index (κ2) is 16.8. The molecule has 0 aliphatic carbocycles. The molecule has 0 aliphatic rings. The summed E-state index contributed by atoms with van der Waals surface area (Å²) in [6.45, 7) is 0. The zero-order valence-electron chi connectivity index (χ0n) is 31.7. The number of H-pyrrole nitrogens is 2. The number of ketones is 1. The molecule has 12 nitrogen and oxygen atoms in total. The summed E-state index contributed by atoms with van der Waals surface area (Å²) in [5.41, 5.74) is 6.42. The summed E-state index contributed by atoms with van der Waals surface area (Å²) in [4.78, 5) is 52.6. The Bertz CT molecular complexity index is 3240. The van der Waals surface area contributed by atoms with Gasteiger partial charge in [-0.2, -0.15) is 4.98 Å². The third kappa shape index (κ3) is 8.17. The highest BCUT2D eigenvalue weighted by molar-refractivity contribution is 6.30. The van der Waals surface area contributed by atoms with Crippen LogP contribution in [0.1, 0.15) is 16.2 Å². The molecule has 8 aromatic heterocycles. The van der Waals surface area contributed by atoms with Gasteiger partial charge < -0.3 is 15.3 Å². The summed E-state index contributed by atoms with van der Waals surface area (Å²) in [6.07, 6.45) is 11.8. The number of carbonyl (C=O) groups is 1. The van der Waals surface area contributed by atoms with Crippen molar-refractivity contribution in [1.82, 2.24) is 49.8 Å². The molecule has 10 rings (SSSR count). The van der Waals surface area contributed by atoms with Crippen LogP contribution in [0.25, 0.3) is 67.1 Å². The highest BCUT2D eigenvalue weighted by Crippen LogP contribution is 2.36. The first-order valence-corrected chi connectivity index (χ1v) is 18.9. The maximum Gasteiger partial charge on any atom is 0.228 e. The first-order chi connectivity index (χ1) is 30.2. The summed E-state index contributed by atoms with van der Waals surface area (Å²) >= 11 is 5.94. The lowest BCUT2D eigenvalue weighted by Gasteiger charge is -2.09. The number of aromatic amines is 2. The second-order valence-electron chi connectivity index (χ2n) is 13.5. The van der Waals surface area contributed by atoms with Gasteiger partial charge in [0.05, 0.1) is 34.8 Å². The van der Waals surface area contributed by atoms with E-state index in [1.807, 2.05) is 30.3 Å². The van der Waals surface area contributed by atoms with Crippen molar-refractivity contribution in [2.75, 3.05) is 5.32 Å². The van der Waals surface area contributed by atoms with Crippen molar-refractivity contribution in [3.05, 3.63) is 180 Å². The van der Waals surface area contributed by atoms with Crippen molar-refractivity contribution in [1.29, 1.82) is 0 Å². The van der Waals surface area contributed by atoms with Crippen LogP contribution in [0.15, 0.2) is 141 Å². The number of anilines is 2. The fraction of sp³-hybridized carbons (Fsp3) is 0. The maximum absolute atomic E-state index is 14.5. The Morgan fingerprint density at radius 2 is 1.08 bits per heavy atom. The van der Waals surface area contributed by atoms with E-state index in [-0.39, 0.29) is 22.6 Å². The third-order valence-corrected chi connectivity index (χ3v) is 9.64. The van der Waals surface area contributed by atoms with E-state index in [1.54, 1.807) is 67.4 Å². The minimum atomic E-state index is -0.878. The van der Waals surface area contributed by atoms with Crippen LogP contribution in [-0.2, 0) is 0 Å². The molecule has 2 aromatic carbocycles. The first-order valence-electron chi connectivity index (χ1n) is 18.5. The van der Waals surface area contributed by atoms with Crippen molar-refractivity contribution in [2.45, 2.75) is 0 Å². The Morgan fingerprint density at radius 3 is 1.61 bits per heavy atom. The minimum Gasteiger partial charge on any atom is -0.334 e. The zero-order valence-corrected chi connectivity index (χ0v) is 32.4. The van der Waals surface area contributed by atoms with Gasteiger partial charge in [-0.25, -0.2) is 32.5 Å². The average molecular weight is 848 g/mol. The molecule has 0 bridgehead atoms. The number of nitrogens with zero attached hydrogens (tertiary/aromatic N) is 8. The highest BCUT2D eigenvalue weighted by Gasteiger charge is 2.21. The van der Waals surface area contributed by atoms with Gasteiger partial charge >= 0.3 is 0 Å². The number of carbonyl (C=O) groups excluding carboxylic acids is 1. The highest BCUT2D eigenvalue weighted by atomic mass is 35.5. The number of benzene rings is 2. The molecule has 8 heterocycles. The molecular formula is C45H26ClF4N11O. The van der Waals surface area contributed by atoms with E-state index in [0.717, 1.165) is 29.6 Å². The molecule has 0 fully saturated rings. The summed E-state index contributed by atoms with van der Waals surface area (Å²) in [5.74, 6) is -3.08. The summed E-state index contributed by atoms with van der Waals surface area (Å²) in [5, 5.41) is 3.84. The number of hydrogen-bond donors (Lipinski definition) is 3. The van der Waals surface area contributed by atoms with Crippen molar-refractivity contribution in [3.63, 3.8) is 0 Å². The van der Waals surface area contributed by atoms with Gasteiger partial charge in [-0.3, -0.25) is 24.7 Å². The lowest BCUT2D eigenvalue weighted by Crippen LogP contribution is -2.04. The molecule has 0 unspecified atom stereocenters. The van der Waals surface area contributed by atoms with Crippen molar-refractivity contribution >= 4 is 51.3 Å². The van der Waals surface area contributed by atoms with E-state index < -0.39 is 29.1 Å². The standard InChI is InChI=1S/C23H12F3N5O.C22H14ClFN6/c24-14-6-13(7-15(25)8-14)21(32)23-29-19-9-17(16-3-5-28-11-18(16)26)20(30-22(19)31-23)12-2-1-4-27-10-12;23-14-3-5-15(6-4-14)27-22-28-19-10-17(16-7-9-26-12-18(16)24)20(29-21(19)30-22)13-2-1-8-25-11-13/h1-11H,(H,29,30,31);1-12H,(H2,27,28,29,30). The maximum atomic E-state index is 14.5. The van der Waals surface area contributed by atoms with Crippen LogP contribution in [0, 0.1) is 23.3 Å². The molecule has 3 N–H and O–H groups in total. The van der Waals surface area contributed by atoms with Gasteiger partial charge in [-0.05, 0) is 84.9 Å². The smallest absolute Gasteiger partial charge is 0.228 e. The molecule has 0 aliphatic heterocycles. The molecule has 10 aromatic rings. The Morgan fingerprint density at radius 1 is 0.548 bits per heavy atom. The number of imidazole rings is 2. The molecule has 0 amide bonds. The molecule has 0 saturated heterocycles. The van der Waals surface area contributed by atoms with Crippen LogP contribution < -0.4 is 5.32 Å². The van der Waals surface area contributed by atoms with Gasteiger partial charge in [-0.1, -0.05) is 11.6 Å². The number of rotatable bonds is 8. The van der Waals surface area contributed by atoms with Crippen LogP contribution in [-0.4, -0.2) is 55.6 Å². The second-order valence-corrected chi connectivity index (χ2v) is 13.9. The summed E-state index contributed by atoms with van der Waals surface area (Å²) in [6, 6.07) is 23.5. The summed E-state index contributed by atoms with van der Waals surface area (Å²) in [7, 11) is 0. The number of aromatic nitrogens is 10. The summed E-state index contributed by atoms with van der Waals surface area (Å²) < 4.78 is 56.2. The zero-order chi connectivity index (χ0) is 42.7. The quantitative estimate of drug-likeness (QED) is 0.0990. The van der Waals surface area contributed by atoms with E-state index in [4.69, 9.17) is 16.6 Å². The van der Waals surface area contributed by atoms with Crippen LogP contribution in [0.3, 0.4) is 0 Å². The molecule has 62 heavy (non-hydrogen) atoms. The van der Waals surface area contributed by atoms with Gasteiger partial charge in [0.2, 0.25) is 11.7 Å². The Hall–Kier alpha value is -8.24.